The van der Waals surface area contributed by atoms with Crippen molar-refractivity contribution in [2.45, 2.75) is 26.3 Å². The lowest BCUT2D eigenvalue weighted by Gasteiger charge is -2.15. The third kappa shape index (κ3) is 3.00. The Bertz CT molecular complexity index is 312. The summed E-state index contributed by atoms with van der Waals surface area (Å²) >= 11 is 3.30. The lowest BCUT2D eigenvalue weighted by Crippen LogP contribution is -2.12. The van der Waals surface area contributed by atoms with Gasteiger partial charge in [-0.3, -0.25) is 0 Å². The SMILES string of the molecule is CC(C)C[C@H](N)c1ccc(Br)cc1O. The van der Waals surface area contributed by atoms with E-state index in [9.17, 15) is 5.11 Å². The zero-order chi connectivity index (χ0) is 10.7. The monoisotopic (exact) mass is 257 g/mol. The first-order chi connectivity index (χ1) is 6.50. The molecule has 0 saturated heterocycles. The van der Waals surface area contributed by atoms with Crippen molar-refractivity contribution in [2.75, 3.05) is 0 Å². The van der Waals surface area contributed by atoms with Crippen LogP contribution in [0.25, 0.3) is 0 Å². The summed E-state index contributed by atoms with van der Waals surface area (Å²) in [4.78, 5) is 0. The molecule has 0 amide bonds. The average molecular weight is 258 g/mol. The topological polar surface area (TPSA) is 46.2 Å². The number of benzene rings is 1. The molecule has 1 aromatic rings. The minimum absolute atomic E-state index is 0.0805. The van der Waals surface area contributed by atoms with Gasteiger partial charge in [-0.1, -0.05) is 35.8 Å². The number of hydrogen-bond acceptors (Lipinski definition) is 2. The van der Waals surface area contributed by atoms with Gasteiger partial charge in [-0.25, -0.2) is 0 Å². The molecule has 3 N–H and O–H groups in total. The third-order valence-corrected chi connectivity index (χ3v) is 2.61. The second kappa shape index (κ2) is 4.80. The highest BCUT2D eigenvalue weighted by Crippen LogP contribution is 2.29. The zero-order valence-corrected chi connectivity index (χ0v) is 10.1. The van der Waals surface area contributed by atoms with Crippen molar-refractivity contribution in [1.29, 1.82) is 0 Å². The first-order valence-electron chi connectivity index (χ1n) is 4.74. The van der Waals surface area contributed by atoms with Crippen molar-refractivity contribution in [3.63, 3.8) is 0 Å². The Hall–Kier alpha value is -0.540. The van der Waals surface area contributed by atoms with Crippen LogP contribution in [0.2, 0.25) is 0 Å². The summed E-state index contributed by atoms with van der Waals surface area (Å²) in [6, 6.07) is 5.36. The van der Waals surface area contributed by atoms with E-state index in [1.54, 1.807) is 6.07 Å². The summed E-state index contributed by atoms with van der Waals surface area (Å²) in [6.07, 6.45) is 0.884. The van der Waals surface area contributed by atoms with E-state index in [4.69, 9.17) is 5.73 Å². The fourth-order valence-electron chi connectivity index (χ4n) is 1.47. The molecule has 0 aliphatic rings. The second-order valence-electron chi connectivity index (χ2n) is 3.94. The fourth-order valence-corrected chi connectivity index (χ4v) is 1.81. The Balaban J connectivity index is 2.84. The van der Waals surface area contributed by atoms with Gasteiger partial charge < -0.3 is 10.8 Å². The molecule has 0 bridgehead atoms. The van der Waals surface area contributed by atoms with Crippen LogP contribution >= 0.6 is 15.9 Å². The number of hydrogen-bond donors (Lipinski definition) is 2. The van der Waals surface area contributed by atoms with Crippen molar-refractivity contribution in [2.24, 2.45) is 11.7 Å². The van der Waals surface area contributed by atoms with Crippen LogP contribution in [0, 0.1) is 5.92 Å². The summed E-state index contributed by atoms with van der Waals surface area (Å²) in [7, 11) is 0. The molecule has 1 aromatic carbocycles. The summed E-state index contributed by atoms with van der Waals surface area (Å²) < 4.78 is 0.871. The molecule has 0 aliphatic carbocycles. The predicted octanol–water partition coefficient (Wildman–Crippen LogP) is 3.20. The van der Waals surface area contributed by atoms with Gasteiger partial charge >= 0.3 is 0 Å². The summed E-state index contributed by atoms with van der Waals surface area (Å²) in [5.41, 5.74) is 6.79. The van der Waals surface area contributed by atoms with Crippen molar-refractivity contribution >= 4 is 15.9 Å². The van der Waals surface area contributed by atoms with E-state index in [2.05, 4.69) is 29.8 Å². The average Bonchev–Trinajstić information content (AvgIpc) is 2.01. The summed E-state index contributed by atoms with van der Waals surface area (Å²) in [5, 5.41) is 9.66. The maximum atomic E-state index is 9.66. The van der Waals surface area contributed by atoms with Gasteiger partial charge in [-0.15, -0.1) is 0 Å². The van der Waals surface area contributed by atoms with Crippen LogP contribution in [-0.4, -0.2) is 5.11 Å². The quantitative estimate of drug-likeness (QED) is 0.874. The van der Waals surface area contributed by atoms with Crippen LogP contribution in [0.4, 0.5) is 0 Å². The van der Waals surface area contributed by atoms with Gasteiger partial charge in [0.15, 0.2) is 0 Å². The Morgan fingerprint density at radius 3 is 2.57 bits per heavy atom. The van der Waals surface area contributed by atoms with E-state index in [-0.39, 0.29) is 11.8 Å². The van der Waals surface area contributed by atoms with Crippen LogP contribution in [0.1, 0.15) is 31.9 Å². The third-order valence-electron chi connectivity index (χ3n) is 2.12. The van der Waals surface area contributed by atoms with Gasteiger partial charge in [-0.2, -0.15) is 0 Å². The Kier molecular flexibility index (Phi) is 3.96. The smallest absolute Gasteiger partial charge is 0.121 e. The Morgan fingerprint density at radius 2 is 2.07 bits per heavy atom. The van der Waals surface area contributed by atoms with Crippen molar-refractivity contribution in [3.05, 3.63) is 28.2 Å². The number of phenols is 1. The number of phenolic OH excluding ortho intramolecular Hbond substituents is 1. The molecule has 2 nitrogen and oxygen atoms in total. The molecule has 1 rings (SSSR count). The summed E-state index contributed by atoms with van der Waals surface area (Å²) in [5.74, 6) is 0.806. The molecule has 0 radical (unpaired) electrons. The maximum absolute atomic E-state index is 9.66. The van der Waals surface area contributed by atoms with E-state index in [1.165, 1.54) is 0 Å². The molecule has 14 heavy (non-hydrogen) atoms. The normalized spacial score (nSPS) is 13.2. The van der Waals surface area contributed by atoms with Gasteiger partial charge in [0.1, 0.15) is 5.75 Å². The van der Waals surface area contributed by atoms with E-state index in [0.717, 1.165) is 16.5 Å². The maximum Gasteiger partial charge on any atom is 0.121 e. The van der Waals surface area contributed by atoms with E-state index >= 15 is 0 Å². The van der Waals surface area contributed by atoms with Crippen LogP contribution in [-0.2, 0) is 0 Å². The van der Waals surface area contributed by atoms with Crippen LogP contribution in [0.5, 0.6) is 5.75 Å². The minimum Gasteiger partial charge on any atom is -0.508 e. The molecule has 0 aromatic heterocycles. The minimum atomic E-state index is -0.0805. The van der Waals surface area contributed by atoms with E-state index < -0.39 is 0 Å². The van der Waals surface area contributed by atoms with Crippen LogP contribution in [0.15, 0.2) is 22.7 Å². The molecule has 1 atom stereocenters. The van der Waals surface area contributed by atoms with Gasteiger partial charge in [0.25, 0.3) is 0 Å². The number of aromatic hydroxyl groups is 1. The van der Waals surface area contributed by atoms with Crippen molar-refractivity contribution in [3.8, 4) is 5.75 Å². The first-order valence-corrected chi connectivity index (χ1v) is 5.54. The van der Waals surface area contributed by atoms with Crippen LogP contribution in [0.3, 0.4) is 0 Å². The predicted molar refractivity (Wildman–Crippen MR) is 62.2 cm³/mol. The molecule has 0 saturated carbocycles. The lowest BCUT2D eigenvalue weighted by molar-refractivity contribution is 0.445. The van der Waals surface area contributed by atoms with Gasteiger partial charge in [-0.05, 0) is 24.5 Å². The van der Waals surface area contributed by atoms with E-state index in [1.807, 2.05) is 12.1 Å². The van der Waals surface area contributed by atoms with Gasteiger partial charge in [0.2, 0.25) is 0 Å². The van der Waals surface area contributed by atoms with E-state index in [0.29, 0.717) is 5.92 Å². The zero-order valence-electron chi connectivity index (χ0n) is 8.50. The number of rotatable bonds is 3. The molecule has 0 unspecified atom stereocenters. The molecule has 78 valence electrons. The van der Waals surface area contributed by atoms with Gasteiger partial charge in [0.05, 0.1) is 0 Å². The molecule has 0 aliphatic heterocycles. The number of nitrogens with two attached hydrogens (primary N) is 1. The second-order valence-corrected chi connectivity index (χ2v) is 4.85. The highest BCUT2D eigenvalue weighted by Gasteiger charge is 2.12. The first kappa shape index (κ1) is 11.5. The molecule has 0 fully saturated rings. The fraction of sp³-hybridized carbons (Fsp3) is 0.455. The van der Waals surface area contributed by atoms with Crippen LogP contribution < -0.4 is 5.73 Å². The summed E-state index contributed by atoms with van der Waals surface area (Å²) in [6.45, 7) is 4.24. The number of halogens is 1. The standard InChI is InChI=1S/C11H16BrNO/c1-7(2)5-10(13)9-4-3-8(12)6-11(9)14/h3-4,6-7,10,14H,5,13H2,1-2H3/t10-/m0/s1. The molecular weight excluding hydrogens is 242 g/mol. The highest BCUT2D eigenvalue weighted by atomic mass is 79.9. The highest BCUT2D eigenvalue weighted by molar-refractivity contribution is 9.10. The Morgan fingerprint density at radius 1 is 1.43 bits per heavy atom. The molecule has 0 heterocycles. The Labute approximate surface area is 93.3 Å². The molecule has 0 spiro atoms. The van der Waals surface area contributed by atoms with Crippen molar-refractivity contribution in [1.82, 2.24) is 0 Å². The molecule has 3 heteroatoms. The lowest BCUT2D eigenvalue weighted by atomic mass is 9.97. The van der Waals surface area contributed by atoms with Crippen molar-refractivity contribution < 1.29 is 5.11 Å². The largest absolute Gasteiger partial charge is 0.508 e. The molecular formula is C11H16BrNO. The van der Waals surface area contributed by atoms with Gasteiger partial charge in [0, 0.05) is 16.1 Å².